The van der Waals surface area contributed by atoms with Gasteiger partial charge in [0.2, 0.25) is 5.91 Å². The van der Waals surface area contributed by atoms with Crippen molar-refractivity contribution in [3.05, 3.63) is 22.4 Å². The molecule has 4 heteroatoms. The van der Waals surface area contributed by atoms with Crippen LogP contribution >= 0.6 is 11.3 Å². The summed E-state index contributed by atoms with van der Waals surface area (Å²) in [5, 5.41) is 7.13. The van der Waals surface area contributed by atoms with Gasteiger partial charge in [-0.1, -0.05) is 13.8 Å². The van der Waals surface area contributed by atoms with Gasteiger partial charge in [0, 0.05) is 6.42 Å². The third kappa shape index (κ3) is 5.19. The minimum absolute atomic E-state index is 0.0845. The van der Waals surface area contributed by atoms with E-state index in [1.807, 2.05) is 18.4 Å². The third-order valence-electron chi connectivity index (χ3n) is 3.03. The second kappa shape index (κ2) is 7.54. The Kier molecular flexibility index (Phi) is 6.36. The molecule has 1 unspecified atom stereocenters. The van der Waals surface area contributed by atoms with Crippen LogP contribution in [0.1, 0.15) is 45.2 Å². The van der Waals surface area contributed by atoms with Gasteiger partial charge >= 0.3 is 0 Å². The first-order chi connectivity index (χ1) is 8.52. The second-order valence-electron chi connectivity index (χ2n) is 5.28. The van der Waals surface area contributed by atoms with Gasteiger partial charge in [0.15, 0.2) is 0 Å². The number of rotatable bonds is 7. The topological polar surface area (TPSA) is 55.1 Å². The summed E-state index contributed by atoms with van der Waals surface area (Å²) in [4.78, 5) is 11.9. The SMILES string of the molecule is CC(C)C[C@H](CN)CC(=O)NC(C)c1ccsc1. The van der Waals surface area contributed by atoms with Crippen molar-refractivity contribution in [1.82, 2.24) is 5.32 Å². The Labute approximate surface area is 114 Å². The van der Waals surface area contributed by atoms with E-state index in [1.54, 1.807) is 11.3 Å². The van der Waals surface area contributed by atoms with Gasteiger partial charge in [-0.2, -0.15) is 11.3 Å². The number of hydrogen-bond acceptors (Lipinski definition) is 3. The molecule has 1 aromatic rings. The number of nitrogens with two attached hydrogens (primary N) is 1. The zero-order chi connectivity index (χ0) is 13.5. The largest absolute Gasteiger partial charge is 0.350 e. The molecule has 0 spiro atoms. The lowest BCUT2D eigenvalue weighted by atomic mass is 9.94. The summed E-state index contributed by atoms with van der Waals surface area (Å²) >= 11 is 1.65. The molecule has 18 heavy (non-hydrogen) atoms. The lowest BCUT2D eigenvalue weighted by Crippen LogP contribution is -2.30. The zero-order valence-corrected chi connectivity index (χ0v) is 12.3. The van der Waals surface area contributed by atoms with Crippen LogP contribution in [0.15, 0.2) is 16.8 Å². The maximum Gasteiger partial charge on any atom is 0.220 e. The van der Waals surface area contributed by atoms with Crippen LogP contribution in [0.25, 0.3) is 0 Å². The Hall–Kier alpha value is -0.870. The summed E-state index contributed by atoms with van der Waals surface area (Å²) in [6, 6.07) is 2.13. The van der Waals surface area contributed by atoms with Crippen molar-refractivity contribution in [3.8, 4) is 0 Å². The van der Waals surface area contributed by atoms with Crippen molar-refractivity contribution in [2.45, 2.75) is 39.7 Å². The highest BCUT2D eigenvalue weighted by Crippen LogP contribution is 2.18. The molecule has 1 aromatic heterocycles. The Bertz CT molecular complexity index is 349. The van der Waals surface area contributed by atoms with Crippen molar-refractivity contribution >= 4 is 17.2 Å². The van der Waals surface area contributed by atoms with E-state index in [9.17, 15) is 4.79 Å². The van der Waals surface area contributed by atoms with Crippen LogP contribution in [-0.2, 0) is 4.79 Å². The van der Waals surface area contributed by atoms with Crippen molar-refractivity contribution < 1.29 is 4.79 Å². The van der Waals surface area contributed by atoms with E-state index in [1.165, 1.54) is 5.56 Å². The molecule has 3 nitrogen and oxygen atoms in total. The van der Waals surface area contributed by atoms with Crippen LogP contribution in [0, 0.1) is 11.8 Å². The molecule has 0 aliphatic carbocycles. The molecule has 0 aliphatic heterocycles. The molecule has 0 bridgehead atoms. The van der Waals surface area contributed by atoms with E-state index >= 15 is 0 Å². The first kappa shape index (κ1) is 15.2. The third-order valence-corrected chi connectivity index (χ3v) is 3.73. The van der Waals surface area contributed by atoms with Crippen molar-refractivity contribution in [2.75, 3.05) is 6.54 Å². The van der Waals surface area contributed by atoms with Crippen LogP contribution < -0.4 is 11.1 Å². The highest BCUT2D eigenvalue weighted by molar-refractivity contribution is 7.07. The minimum Gasteiger partial charge on any atom is -0.350 e. The molecule has 1 rings (SSSR count). The zero-order valence-electron chi connectivity index (χ0n) is 11.5. The fourth-order valence-electron chi connectivity index (χ4n) is 2.10. The summed E-state index contributed by atoms with van der Waals surface area (Å²) in [6.07, 6.45) is 1.54. The van der Waals surface area contributed by atoms with Crippen LogP contribution in [0.4, 0.5) is 0 Å². The average Bonchev–Trinajstić information content (AvgIpc) is 2.80. The molecule has 0 aliphatic rings. The molecule has 3 N–H and O–H groups in total. The van der Waals surface area contributed by atoms with E-state index < -0.39 is 0 Å². The van der Waals surface area contributed by atoms with E-state index in [0.29, 0.717) is 24.8 Å². The average molecular weight is 268 g/mol. The van der Waals surface area contributed by atoms with Crippen LogP contribution in [0.5, 0.6) is 0 Å². The predicted octanol–water partition coefficient (Wildman–Crippen LogP) is 2.94. The van der Waals surface area contributed by atoms with Gasteiger partial charge in [-0.15, -0.1) is 0 Å². The Morgan fingerprint density at radius 3 is 2.67 bits per heavy atom. The van der Waals surface area contributed by atoms with Gasteiger partial charge in [0.05, 0.1) is 6.04 Å². The summed E-state index contributed by atoms with van der Waals surface area (Å²) in [5.41, 5.74) is 6.88. The lowest BCUT2D eigenvalue weighted by molar-refractivity contribution is -0.122. The Balaban J connectivity index is 2.40. The second-order valence-corrected chi connectivity index (χ2v) is 6.06. The normalized spacial score (nSPS) is 14.5. The van der Waals surface area contributed by atoms with Gasteiger partial charge in [-0.25, -0.2) is 0 Å². The first-order valence-electron chi connectivity index (χ1n) is 6.54. The fraction of sp³-hybridized carbons (Fsp3) is 0.643. The van der Waals surface area contributed by atoms with E-state index in [-0.39, 0.29) is 11.9 Å². The number of hydrogen-bond donors (Lipinski definition) is 2. The monoisotopic (exact) mass is 268 g/mol. The summed E-state index contributed by atoms with van der Waals surface area (Å²) in [5.74, 6) is 0.977. The van der Waals surface area contributed by atoms with Crippen molar-refractivity contribution in [2.24, 2.45) is 17.6 Å². The van der Waals surface area contributed by atoms with Gasteiger partial charge in [-0.3, -0.25) is 4.79 Å². The van der Waals surface area contributed by atoms with Crippen LogP contribution in [0.3, 0.4) is 0 Å². The van der Waals surface area contributed by atoms with Gasteiger partial charge < -0.3 is 11.1 Å². The lowest BCUT2D eigenvalue weighted by Gasteiger charge is -2.18. The molecule has 102 valence electrons. The van der Waals surface area contributed by atoms with Crippen molar-refractivity contribution in [3.63, 3.8) is 0 Å². The number of carbonyl (C=O) groups is 1. The van der Waals surface area contributed by atoms with Gasteiger partial charge in [0.25, 0.3) is 0 Å². The molecule has 0 saturated carbocycles. The maximum absolute atomic E-state index is 11.9. The fourth-order valence-corrected chi connectivity index (χ4v) is 2.85. The molecular weight excluding hydrogens is 244 g/mol. The summed E-state index contributed by atoms with van der Waals surface area (Å²) < 4.78 is 0. The molecule has 0 aromatic carbocycles. The smallest absolute Gasteiger partial charge is 0.220 e. The van der Waals surface area contributed by atoms with Gasteiger partial charge in [0.1, 0.15) is 0 Å². The predicted molar refractivity (Wildman–Crippen MR) is 77.5 cm³/mol. The number of thiophene rings is 1. The van der Waals surface area contributed by atoms with Crippen LogP contribution in [-0.4, -0.2) is 12.5 Å². The molecule has 2 atom stereocenters. The number of carbonyl (C=O) groups excluding carboxylic acids is 1. The van der Waals surface area contributed by atoms with E-state index in [2.05, 4.69) is 24.5 Å². The Morgan fingerprint density at radius 2 is 2.17 bits per heavy atom. The standard InChI is InChI=1S/C14H24N2OS/c1-10(2)6-12(8-15)7-14(17)16-11(3)13-4-5-18-9-13/h4-5,9-12H,6-8,15H2,1-3H3,(H,16,17)/t11?,12-/m0/s1. The highest BCUT2D eigenvalue weighted by atomic mass is 32.1. The Morgan fingerprint density at radius 1 is 1.44 bits per heavy atom. The minimum atomic E-state index is 0.0845. The molecule has 1 heterocycles. The molecule has 0 fully saturated rings. The first-order valence-corrected chi connectivity index (χ1v) is 7.48. The molecular formula is C14H24N2OS. The molecule has 0 radical (unpaired) electrons. The van der Waals surface area contributed by atoms with E-state index in [4.69, 9.17) is 5.73 Å². The maximum atomic E-state index is 11.9. The molecule has 1 amide bonds. The molecule has 0 saturated heterocycles. The van der Waals surface area contributed by atoms with Gasteiger partial charge in [-0.05, 0) is 54.1 Å². The summed E-state index contributed by atoms with van der Waals surface area (Å²) in [6.45, 7) is 6.92. The van der Waals surface area contributed by atoms with Crippen LogP contribution in [0.2, 0.25) is 0 Å². The quantitative estimate of drug-likeness (QED) is 0.799. The highest BCUT2D eigenvalue weighted by Gasteiger charge is 2.16. The van der Waals surface area contributed by atoms with E-state index in [0.717, 1.165) is 6.42 Å². The summed E-state index contributed by atoms with van der Waals surface area (Å²) in [7, 11) is 0. The number of amides is 1. The number of nitrogens with one attached hydrogen (secondary N) is 1. The van der Waals surface area contributed by atoms with Crippen molar-refractivity contribution in [1.29, 1.82) is 0 Å².